The first kappa shape index (κ1) is 13.4. The highest BCUT2D eigenvalue weighted by molar-refractivity contribution is 5.87. The summed E-state index contributed by atoms with van der Waals surface area (Å²) in [5.41, 5.74) is 10.3. The summed E-state index contributed by atoms with van der Waals surface area (Å²) in [6, 6.07) is 11.7. The Balaban J connectivity index is 1.92. The Morgan fingerprint density at radius 1 is 1.40 bits per heavy atom. The van der Waals surface area contributed by atoms with Gasteiger partial charge in [-0.25, -0.2) is 0 Å². The molecule has 3 fully saturated rings. The minimum atomic E-state index is 0.0681. The Kier molecular flexibility index (Phi) is 3.89. The Labute approximate surface area is 120 Å². The fourth-order valence-electron chi connectivity index (χ4n) is 3.42. The molecule has 0 aliphatic carbocycles. The zero-order chi connectivity index (χ0) is 13.9. The summed E-state index contributed by atoms with van der Waals surface area (Å²) in [5, 5.41) is 7.83. The van der Waals surface area contributed by atoms with Crippen molar-refractivity contribution in [3.05, 3.63) is 35.9 Å². The zero-order valence-electron chi connectivity index (χ0n) is 11.9. The van der Waals surface area contributed by atoms with Crippen LogP contribution in [0.1, 0.15) is 24.4 Å². The predicted octanol–water partition coefficient (Wildman–Crippen LogP) is 0.655. The summed E-state index contributed by atoms with van der Waals surface area (Å²) in [7, 11) is 1.79. The fraction of sp³-hybridized carbons (Fsp3) is 0.533. The van der Waals surface area contributed by atoms with Crippen molar-refractivity contribution in [2.45, 2.75) is 31.0 Å². The van der Waals surface area contributed by atoms with Gasteiger partial charge in [0, 0.05) is 32.2 Å². The van der Waals surface area contributed by atoms with Crippen LogP contribution in [0.15, 0.2) is 35.4 Å². The Morgan fingerprint density at radius 2 is 2.20 bits per heavy atom. The predicted molar refractivity (Wildman–Crippen MR) is 81.4 cm³/mol. The molecule has 0 aromatic heterocycles. The van der Waals surface area contributed by atoms with Gasteiger partial charge in [0.25, 0.3) is 0 Å². The van der Waals surface area contributed by atoms with E-state index in [0.29, 0.717) is 17.9 Å². The summed E-state index contributed by atoms with van der Waals surface area (Å²) in [5.74, 6) is 0.645. The van der Waals surface area contributed by atoms with Crippen LogP contribution in [-0.2, 0) is 0 Å². The van der Waals surface area contributed by atoms with Crippen molar-refractivity contribution in [1.82, 2.24) is 15.6 Å². The Morgan fingerprint density at radius 3 is 2.75 bits per heavy atom. The Hall–Kier alpha value is -1.59. The molecule has 2 bridgehead atoms. The van der Waals surface area contributed by atoms with Gasteiger partial charge in [-0.1, -0.05) is 30.3 Å². The Bertz CT molecular complexity index is 464. The van der Waals surface area contributed by atoms with E-state index < -0.39 is 0 Å². The molecule has 5 nitrogen and oxygen atoms in total. The number of piperidine rings is 2. The minimum Gasteiger partial charge on any atom is -0.384 e. The largest absolute Gasteiger partial charge is 0.384 e. The second-order valence-corrected chi connectivity index (χ2v) is 5.61. The molecule has 4 N–H and O–H groups in total. The maximum atomic E-state index is 6.25. The lowest BCUT2D eigenvalue weighted by Crippen LogP contribution is -2.63. The smallest absolute Gasteiger partial charge is 0.141 e. The van der Waals surface area contributed by atoms with E-state index in [9.17, 15) is 0 Å². The van der Waals surface area contributed by atoms with Gasteiger partial charge in [-0.2, -0.15) is 5.10 Å². The quantitative estimate of drug-likeness (QED) is 0.428. The van der Waals surface area contributed by atoms with Crippen molar-refractivity contribution in [2.75, 3.05) is 20.1 Å². The number of nitrogens with two attached hydrogens (primary N) is 1. The summed E-state index contributed by atoms with van der Waals surface area (Å²) in [6.07, 6.45) is 2.51. The molecular formula is C15H23N5. The van der Waals surface area contributed by atoms with E-state index in [1.807, 2.05) is 6.07 Å². The van der Waals surface area contributed by atoms with Gasteiger partial charge in [0.1, 0.15) is 5.84 Å². The zero-order valence-corrected chi connectivity index (χ0v) is 11.9. The van der Waals surface area contributed by atoms with E-state index in [4.69, 9.17) is 5.73 Å². The molecule has 0 saturated carbocycles. The van der Waals surface area contributed by atoms with Crippen LogP contribution in [0.3, 0.4) is 0 Å². The minimum absolute atomic E-state index is 0.0681. The third kappa shape index (κ3) is 2.51. The van der Waals surface area contributed by atoms with E-state index >= 15 is 0 Å². The molecule has 1 aromatic rings. The molecule has 0 amide bonds. The lowest BCUT2D eigenvalue weighted by molar-refractivity contribution is 0.0576. The highest BCUT2D eigenvalue weighted by Gasteiger charge is 2.39. The van der Waals surface area contributed by atoms with Gasteiger partial charge in [0.2, 0.25) is 0 Å². The number of amidine groups is 1. The van der Waals surface area contributed by atoms with Crippen molar-refractivity contribution >= 4 is 5.84 Å². The highest BCUT2D eigenvalue weighted by atomic mass is 15.3. The van der Waals surface area contributed by atoms with Crippen LogP contribution >= 0.6 is 0 Å². The second kappa shape index (κ2) is 5.81. The lowest BCUT2D eigenvalue weighted by Gasteiger charge is -2.49. The second-order valence-electron chi connectivity index (χ2n) is 5.61. The number of hydrogen-bond donors (Lipinski definition) is 3. The molecule has 3 unspecified atom stereocenters. The summed E-state index contributed by atoms with van der Waals surface area (Å²) in [6.45, 7) is 2.10. The number of nitrogens with one attached hydrogen (secondary N) is 2. The van der Waals surface area contributed by atoms with Gasteiger partial charge in [0.05, 0.1) is 6.04 Å². The summed E-state index contributed by atoms with van der Waals surface area (Å²) in [4.78, 5) is 2.51. The van der Waals surface area contributed by atoms with Crippen LogP contribution in [0.2, 0.25) is 0 Å². The van der Waals surface area contributed by atoms with Gasteiger partial charge in [0.15, 0.2) is 0 Å². The molecule has 4 rings (SSSR count). The van der Waals surface area contributed by atoms with Crippen LogP contribution in [0.5, 0.6) is 0 Å². The van der Waals surface area contributed by atoms with E-state index in [1.165, 1.54) is 18.4 Å². The lowest BCUT2D eigenvalue weighted by atomic mass is 9.89. The van der Waals surface area contributed by atoms with E-state index in [-0.39, 0.29) is 6.04 Å². The number of fused-ring (bicyclic) bond motifs is 3. The van der Waals surface area contributed by atoms with Crippen LogP contribution in [-0.4, -0.2) is 43.0 Å². The maximum Gasteiger partial charge on any atom is 0.141 e. The molecule has 108 valence electrons. The third-order valence-corrected chi connectivity index (χ3v) is 4.36. The van der Waals surface area contributed by atoms with Crippen molar-refractivity contribution in [1.29, 1.82) is 0 Å². The number of nitrogens with zero attached hydrogens (tertiary/aromatic N) is 2. The van der Waals surface area contributed by atoms with Crippen molar-refractivity contribution in [3.63, 3.8) is 0 Å². The monoisotopic (exact) mass is 273 g/mol. The van der Waals surface area contributed by atoms with Crippen LogP contribution < -0.4 is 16.5 Å². The molecule has 3 aliphatic heterocycles. The van der Waals surface area contributed by atoms with Crippen molar-refractivity contribution in [3.8, 4) is 0 Å². The molecule has 3 aliphatic rings. The third-order valence-electron chi connectivity index (χ3n) is 4.36. The number of hydrazone groups is 1. The number of rotatable bonds is 4. The van der Waals surface area contributed by atoms with Gasteiger partial charge in [-0.3, -0.25) is 4.90 Å². The van der Waals surface area contributed by atoms with E-state index in [1.54, 1.807) is 7.05 Å². The van der Waals surface area contributed by atoms with E-state index in [2.05, 4.69) is 45.0 Å². The number of hydrogen-bond acceptors (Lipinski definition) is 4. The number of benzene rings is 1. The standard InChI is InChI=1S/C15H23N5/c1-17-19-15(16)14(11-5-3-2-4-6-11)20-10-12-7-8-13(20)9-18-12/h2-6,12-14,17-18H,7-10H2,1H3,(H2,16,19). The van der Waals surface area contributed by atoms with Crippen LogP contribution in [0, 0.1) is 0 Å². The van der Waals surface area contributed by atoms with Crippen LogP contribution in [0.4, 0.5) is 0 Å². The average Bonchev–Trinajstić information content (AvgIpc) is 2.50. The first-order valence-electron chi connectivity index (χ1n) is 7.33. The van der Waals surface area contributed by atoms with Crippen molar-refractivity contribution < 1.29 is 0 Å². The van der Waals surface area contributed by atoms with Gasteiger partial charge < -0.3 is 16.5 Å². The fourth-order valence-corrected chi connectivity index (χ4v) is 3.42. The molecular weight excluding hydrogens is 250 g/mol. The summed E-state index contributed by atoms with van der Waals surface area (Å²) < 4.78 is 0. The first-order chi connectivity index (χ1) is 9.79. The molecule has 20 heavy (non-hydrogen) atoms. The molecule has 3 atom stereocenters. The SMILES string of the molecule is CN/N=C(\N)C(c1ccccc1)N1CC2CCC1CN2. The number of piperazine rings is 1. The molecule has 5 heteroatoms. The molecule has 0 spiro atoms. The normalized spacial score (nSPS) is 28.4. The first-order valence-corrected chi connectivity index (χ1v) is 7.33. The molecule has 3 heterocycles. The highest BCUT2D eigenvalue weighted by Crippen LogP contribution is 2.31. The molecule has 3 saturated heterocycles. The van der Waals surface area contributed by atoms with Gasteiger partial charge in [-0.05, 0) is 18.4 Å². The maximum absolute atomic E-state index is 6.25. The van der Waals surface area contributed by atoms with E-state index in [0.717, 1.165) is 13.1 Å². The topological polar surface area (TPSA) is 65.7 Å². The van der Waals surface area contributed by atoms with Gasteiger partial charge >= 0.3 is 0 Å². The molecule has 0 radical (unpaired) electrons. The molecule has 1 aromatic carbocycles. The van der Waals surface area contributed by atoms with Crippen molar-refractivity contribution in [2.24, 2.45) is 10.8 Å². The van der Waals surface area contributed by atoms with Crippen LogP contribution in [0.25, 0.3) is 0 Å². The van der Waals surface area contributed by atoms with Gasteiger partial charge in [-0.15, -0.1) is 0 Å². The summed E-state index contributed by atoms with van der Waals surface area (Å²) >= 11 is 0. The average molecular weight is 273 g/mol.